The van der Waals surface area contributed by atoms with Gasteiger partial charge >= 0.3 is 0 Å². The maximum atomic E-state index is 12.7. The van der Waals surface area contributed by atoms with Crippen molar-refractivity contribution >= 4 is 23.4 Å². The van der Waals surface area contributed by atoms with E-state index in [9.17, 15) is 19.8 Å². The number of benzene rings is 2. The van der Waals surface area contributed by atoms with Gasteiger partial charge in [0.05, 0.1) is 18.6 Å². The third-order valence-electron chi connectivity index (χ3n) is 4.39. The zero-order chi connectivity index (χ0) is 21.9. The molecular weight excluding hydrogens is 408 g/mol. The molecule has 0 aliphatic carbocycles. The maximum Gasteiger partial charge on any atom is 0.273 e. The molecule has 30 heavy (non-hydrogen) atoms. The molecule has 2 amide bonds. The van der Waals surface area contributed by atoms with Crippen molar-refractivity contribution in [2.75, 3.05) is 6.61 Å². The predicted molar refractivity (Wildman–Crippen MR) is 112 cm³/mol. The van der Waals surface area contributed by atoms with Crippen LogP contribution in [0.4, 0.5) is 0 Å². The highest BCUT2D eigenvalue weighted by Crippen LogP contribution is 2.13. The van der Waals surface area contributed by atoms with E-state index in [1.165, 1.54) is 5.48 Å². The zero-order valence-electron chi connectivity index (χ0n) is 16.1. The molecule has 2 aromatic carbocycles. The fraction of sp³-hybridized carbons (Fsp3) is 0.273. The maximum absolute atomic E-state index is 12.7. The van der Waals surface area contributed by atoms with E-state index in [-0.39, 0.29) is 13.0 Å². The molecule has 7 nitrogen and oxygen atoms in total. The van der Waals surface area contributed by atoms with Gasteiger partial charge in [0.15, 0.2) is 0 Å². The number of amides is 2. The summed E-state index contributed by atoms with van der Waals surface area (Å²) < 4.78 is 0. The Bertz CT molecular complexity index is 893. The molecule has 2 aromatic rings. The van der Waals surface area contributed by atoms with E-state index < -0.39 is 29.9 Å². The van der Waals surface area contributed by atoms with Crippen molar-refractivity contribution in [3.8, 4) is 11.8 Å². The predicted octanol–water partition coefficient (Wildman–Crippen LogP) is 1.28. The van der Waals surface area contributed by atoms with Crippen LogP contribution in [0.5, 0.6) is 0 Å². The van der Waals surface area contributed by atoms with E-state index in [0.717, 1.165) is 5.56 Å². The summed E-state index contributed by atoms with van der Waals surface area (Å²) >= 11 is 5.83. The van der Waals surface area contributed by atoms with Gasteiger partial charge in [-0.05, 0) is 36.2 Å². The second-order valence-corrected chi connectivity index (χ2v) is 7.05. The van der Waals surface area contributed by atoms with Crippen LogP contribution in [0.3, 0.4) is 0 Å². The summed E-state index contributed by atoms with van der Waals surface area (Å²) in [5.41, 5.74) is 2.90. The lowest BCUT2D eigenvalue weighted by Gasteiger charge is -2.23. The SMILES string of the molecule is O=C(NO)[C@@H](O)[C@@H](CC#Cc1ccc(Cl)cc1)C(=O)N[C@H](CO)Cc1ccccc1. The van der Waals surface area contributed by atoms with Gasteiger partial charge in [0.2, 0.25) is 5.91 Å². The molecular formula is C22H23ClN2O5. The number of nitrogens with one attached hydrogen (secondary N) is 2. The van der Waals surface area contributed by atoms with Crippen LogP contribution in [0.1, 0.15) is 17.5 Å². The largest absolute Gasteiger partial charge is 0.394 e. The molecule has 0 saturated heterocycles. The first-order chi connectivity index (χ1) is 14.4. The van der Waals surface area contributed by atoms with Crippen molar-refractivity contribution in [3.63, 3.8) is 0 Å². The number of hydrogen-bond acceptors (Lipinski definition) is 5. The second-order valence-electron chi connectivity index (χ2n) is 6.62. The van der Waals surface area contributed by atoms with Gasteiger partial charge in [0.25, 0.3) is 5.91 Å². The van der Waals surface area contributed by atoms with Gasteiger partial charge in [-0.15, -0.1) is 0 Å². The number of carbonyl (C=O) groups is 2. The number of carbonyl (C=O) groups excluding carboxylic acids is 2. The van der Waals surface area contributed by atoms with Crippen molar-refractivity contribution in [2.45, 2.75) is 25.0 Å². The average Bonchev–Trinajstić information content (AvgIpc) is 2.77. The van der Waals surface area contributed by atoms with E-state index in [0.29, 0.717) is 17.0 Å². The molecule has 0 spiro atoms. The topological polar surface area (TPSA) is 119 Å². The lowest BCUT2D eigenvalue weighted by molar-refractivity contribution is -0.146. The van der Waals surface area contributed by atoms with Crippen molar-refractivity contribution in [3.05, 3.63) is 70.7 Å². The molecule has 0 aromatic heterocycles. The quantitative estimate of drug-likeness (QED) is 0.245. The fourth-order valence-corrected chi connectivity index (χ4v) is 2.89. The molecule has 158 valence electrons. The minimum atomic E-state index is -1.81. The Hall–Kier alpha value is -2.89. The number of halogens is 1. The Morgan fingerprint density at radius 1 is 1.03 bits per heavy atom. The second kappa shape index (κ2) is 12.0. The van der Waals surface area contributed by atoms with E-state index in [2.05, 4.69) is 17.2 Å². The molecule has 2 rings (SSSR count). The summed E-state index contributed by atoms with van der Waals surface area (Å²) in [6.45, 7) is -0.327. The molecule has 0 unspecified atom stereocenters. The van der Waals surface area contributed by atoms with Crippen LogP contribution >= 0.6 is 11.6 Å². The fourth-order valence-electron chi connectivity index (χ4n) is 2.76. The first-order valence-corrected chi connectivity index (χ1v) is 9.64. The Kier molecular flexibility index (Phi) is 9.32. The van der Waals surface area contributed by atoms with Gasteiger partial charge in [-0.1, -0.05) is 53.8 Å². The summed E-state index contributed by atoms with van der Waals surface area (Å²) in [5, 5.41) is 31.8. The molecule has 0 aliphatic rings. The Labute approximate surface area is 179 Å². The minimum Gasteiger partial charge on any atom is -0.394 e. The van der Waals surface area contributed by atoms with Crippen LogP contribution in [0, 0.1) is 17.8 Å². The molecule has 0 fully saturated rings. The van der Waals surface area contributed by atoms with Gasteiger partial charge in [0, 0.05) is 17.0 Å². The molecule has 0 radical (unpaired) electrons. The van der Waals surface area contributed by atoms with Gasteiger partial charge in [-0.2, -0.15) is 0 Å². The number of hydrogen-bond donors (Lipinski definition) is 5. The van der Waals surface area contributed by atoms with Crippen LogP contribution < -0.4 is 10.8 Å². The third-order valence-corrected chi connectivity index (χ3v) is 4.64. The van der Waals surface area contributed by atoms with Gasteiger partial charge in [0.1, 0.15) is 6.10 Å². The number of hydroxylamine groups is 1. The van der Waals surface area contributed by atoms with Crippen LogP contribution in [0.25, 0.3) is 0 Å². The average molecular weight is 431 g/mol. The standard InChI is InChI=1S/C22H23ClN2O5/c23-17-11-9-15(10-12-17)7-4-8-19(20(27)22(29)25-30)21(28)24-18(14-26)13-16-5-2-1-3-6-16/h1-3,5-6,9-12,18-20,26-27,30H,8,13-14H2,(H,24,28)(H,25,29)/t18-,19+,20-/m0/s1. The highest BCUT2D eigenvalue weighted by molar-refractivity contribution is 6.30. The third kappa shape index (κ3) is 7.17. The molecule has 0 heterocycles. The van der Waals surface area contributed by atoms with E-state index >= 15 is 0 Å². The van der Waals surface area contributed by atoms with Gasteiger partial charge < -0.3 is 15.5 Å². The van der Waals surface area contributed by atoms with Crippen molar-refractivity contribution < 1.29 is 25.0 Å². The summed E-state index contributed by atoms with van der Waals surface area (Å²) in [5.74, 6) is 2.57. The number of aliphatic hydroxyl groups is 2. The first-order valence-electron chi connectivity index (χ1n) is 9.26. The Balaban J connectivity index is 2.11. The highest BCUT2D eigenvalue weighted by Gasteiger charge is 2.32. The molecule has 5 N–H and O–H groups in total. The number of rotatable bonds is 8. The summed E-state index contributed by atoms with van der Waals surface area (Å²) in [6, 6.07) is 15.4. The molecule has 3 atom stereocenters. The van der Waals surface area contributed by atoms with Gasteiger partial charge in [-0.25, -0.2) is 5.48 Å². The molecule has 0 aliphatic heterocycles. The molecule has 0 bridgehead atoms. The lowest BCUT2D eigenvalue weighted by atomic mass is 9.96. The number of aliphatic hydroxyl groups excluding tert-OH is 2. The monoisotopic (exact) mass is 430 g/mol. The van der Waals surface area contributed by atoms with Crippen molar-refractivity contribution in [1.29, 1.82) is 0 Å². The van der Waals surface area contributed by atoms with Crippen LogP contribution in [0.2, 0.25) is 5.02 Å². The van der Waals surface area contributed by atoms with Crippen LogP contribution in [0.15, 0.2) is 54.6 Å². The zero-order valence-corrected chi connectivity index (χ0v) is 16.8. The van der Waals surface area contributed by atoms with Crippen LogP contribution in [-0.2, 0) is 16.0 Å². The van der Waals surface area contributed by atoms with Crippen molar-refractivity contribution in [1.82, 2.24) is 10.8 Å². The summed E-state index contributed by atoms with van der Waals surface area (Å²) in [4.78, 5) is 24.4. The molecule has 0 saturated carbocycles. The normalized spacial score (nSPS) is 13.3. The smallest absolute Gasteiger partial charge is 0.273 e. The van der Waals surface area contributed by atoms with Gasteiger partial charge in [-0.3, -0.25) is 14.8 Å². The van der Waals surface area contributed by atoms with E-state index in [1.807, 2.05) is 30.3 Å². The first kappa shape index (κ1) is 23.4. The van der Waals surface area contributed by atoms with E-state index in [4.69, 9.17) is 16.8 Å². The Morgan fingerprint density at radius 2 is 1.70 bits per heavy atom. The Morgan fingerprint density at radius 3 is 2.30 bits per heavy atom. The van der Waals surface area contributed by atoms with Crippen LogP contribution in [-0.4, -0.2) is 46.0 Å². The van der Waals surface area contributed by atoms with Crippen molar-refractivity contribution in [2.24, 2.45) is 5.92 Å². The minimum absolute atomic E-state index is 0.146. The summed E-state index contributed by atoms with van der Waals surface area (Å²) in [7, 11) is 0. The molecule has 8 heteroatoms. The lowest BCUT2D eigenvalue weighted by Crippen LogP contribution is -2.49. The highest BCUT2D eigenvalue weighted by atomic mass is 35.5. The summed E-state index contributed by atoms with van der Waals surface area (Å²) in [6.07, 6.45) is -1.59. The van der Waals surface area contributed by atoms with E-state index in [1.54, 1.807) is 24.3 Å².